The molecule has 1 atom stereocenters. The highest BCUT2D eigenvalue weighted by atomic mass is 79.9. The van der Waals surface area contributed by atoms with E-state index >= 15 is 0 Å². The van der Waals surface area contributed by atoms with E-state index in [4.69, 9.17) is 14.2 Å². The lowest BCUT2D eigenvalue weighted by Crippen LogP contribution is -2.26. The number of pyridine rings is 1. The summed E-state index contributed by atoms with van der Waals surface area (Å²) < 4.78 is 17.3. The predicted octanol–water partition coefficient (Wildman–Crippen LogP) is 3.33. The molecular formula is C19H18BrN3O5. The van der Waals surface area contributed by atoms with E-state index in [1.54, 1.807) is 24.4 Å². The third-order valence-electron chi connectivity index (χ3n) is 3.91. The van der Waals surface area contributed by atoms with E-state index in [9.17, 15) is 9.59 Å². The number of aryl methyl sites for hydroxylation is 1. The van der Waals surface area contributed by atoms with Gasteiger partial charge in [-0.25, -0.2) is 0 Å². The molecule has 0 N–H and O–H groups in total. The molecule has 1 unspecified atom stereocenters. The Bertz CT molecular complexity index is 959. The maximum atomic E-state index is 12.2. The third kappa shape index (κ3) is 3.99. The van der Waals surface area contributed by atoms with Gasteiger partial charge in [0.15, 0.2) is 11.5 Å². The molecular weight excluding hydrogens is 430 g/mol. The monoisotopic (exact) mass is 447 g/mol. The van der Waals surface area contributed by atoms with Crippen LogP contribution >= 0.6 is 15.9 Å². The summed E-state index contributed by atoms with van der Waals surface area (Å²) in [6, 6.07) is 6.96. The molecule has 0 saturated carbocycles. The van der Waals surface area contributed by atoms with Gasteiger partial charge in [0.2, 0.25) is 18.0 Å². The Labute approximate surface area is 170 Å². The van der Waals surface area contributed by atoms with Crippen LogP contribution in [0, 0.1) is 6.92 Å². The zero-order chi connectivity index (χ0) is 20.4. The van der Waals surface area contributed by atoms with Crippen molar-refractivity contribution in [1.82, 2.24) is 9.99 Å². The van der Waals surface area contributed by atoms with Gasteiger partial charge in [-0.3, -0.25) is 14.6 Å². The molecule has 0 spiro atoms. The number of hydrogen-bond donors (Lipinski definition) is 0. The van der Waals surface area contributed by atoms with E-state index in [0.29, 0.717) is 21.3 Å². The normalized spacial score (nSPS) is 15.7. The molecule has 0 radical (unpaired) electrons. The summed E-state index contributed by atoms with van der Waals surface area (Å²) in [5, 5.41) is 5.48. The molecule has 1 aliphatic rings. The minimum absolute atomic E-state index is 0.160. The van der Waals surface area contributed by atoms with Crippen LogP contribution in [0.5, 0.6) is 11.5 Å². The fourth-order valence-electron chi connectivity index (χ4n) is 2.66. The standard InChI is InChI=1S/C19H18BrN3O5/c1-10-5-6-13(9-21-10)18-22-23(11(2)24)19(28-18)15-7-14(20)8-16(26-4)17(15)27-12(3)25/h5-9,19H,1-4H3. The van der Waals surface area contributed by atoms with Crippen molar-refractivity contribution in [3.05, 3.63) is 51.8 Å². The molecule has 9 heteroatoms. The maximum Gasteiger partial charge on any atom is 0.308 e. The number of rotatable bonds is 4. The minimum Gasteiger partial charge on any atom is -0.493 e. The van der Waals surface area contributed by atoms with Crippen molar-refractivity contribution >= 4 is 33.7 Å². The first-order valence-corrected chi connectivity index (χ1v) is 9.13. The Morgan fingerprint density at radius 2 is 2.00 bits per heavy atom. The largest absolute Gasteiger partial charge is 0.493 e. The summed E-state index contributed by atoms with van der Waals surface area (Å²) >= 11 is 3.40. The number of carbonyl (C=O) groups is 2. The van der Waals surface area contributed by atoms with E-state index in [1.807, 2.05) is 13.0 Å². The number of hydrazone groups is 1. The van der Waals surface area contributed by atoms with Gasteiger partial charge in [-0.1, -0.05) is 15.9 Å². The molecule has 1 aromatic heterocycles. The molecule has 3 rings (SSSR count). The fourth-order valence-corrected chi connectivity index (χ4v) is 3.11. The highest BCUT2D eigenvalue weighted by Crippen LogP contribution is 2.42. The van der Waals surface area contributed by atoms with Crippen LogP contribution in [0.25, 0.3) is 0 Å². The van der Waals surface area contributed by atoms with Crippen LogP contribution in [0.4, 0.5) is 0 Å². The summed E-state index contributed by atoms with van der Waals surface area (Å²) in [4.78, 5) is 28.1. The Hall–Kier alpha value is -2.94. The number of benzene rings is 1. The van der Waals surface area contributed by atoms with Gasteiger partial charge in [-0.2, -0.15) is 5.01 Å². The summed E-state index contributed by atoms with van der Waals surface area (Å²) in [7, 11) is 1.46. The Balaban J connectivity index is 2.07. The van der Waals surface area contributed by atoms with Crippen molar-refractivity contribution in [2.45, 2.75) is 27.0 Å². The average Bonchev–Trinajstić information content (AvgIpc) is 3.08. The average molecular weight is 448 g/mol. The lowest BCUT2D eigenvalue weighted by molar-refractivity contribution is -0.135. The van der Waals surface area contributed by atoms with Crippen LogP contribution in [-0.2, 0) is 14.3 Å². The number of halogens is 1. The molecule has 0 bridgehead atoms. The molecule has 146 valence electrons. The van der Waals surface area contributed by atoms with Crippen molar-refractivity contribution in [2.24, 2.45) is 5.10 Å². The molecule has 8 nitrogen and oxygen atoms in total. The van der Waals surface area contributed by atoms with Crippen LogP contribution in [-0.4, -0.2) is 34.9 Å². The molecule has 2 heterocycles. The van der Waals surface area contributed by atoms with Gasteiger partial charge in [-0.15, -0.1) is 5.10 Å². The number of aromatic nitrogens is 1. The second-order valence-electron chi connectivity index (χ2n) is 6.05. The number of esters is 1. The van der Waals surface area contributed by atoms with Crippen LogP contribution in [0.1, 0.15) is 36.9 Å². The van der Waals surface area contributed by atoms with Gasteiger partial charge in [0, 0.05) is 30.2 Å². The van der Waals surface area contributed by atoms with E-state index in [-0.39, 0.29) is 17.6 Å². The van der Waals surface area contributed by atoms with Crippen LogP contribution in [0.2, 0.25) is 0 Å². The van der Waals surface area contributed by atoms with E-state index in [1.165, 1.54) is 26.0 Å². The lowest BCUT2D eigenvalue weighted by atomic mass is 10.1. The topological polar surface area (TPSA) is 90.3 Å². The number of hydrogen-bond acceptors (Lipinski definition) is 7. The van der Waals surface area contributed by atoms with E-state index in [0.717, 1.165) is 5.69 Å². The number of carbonyl (C=O) groups excluding carboxylic acids is 2. The first-order valence-electron chi connectivity index (χ1n) is 8.34. The molecule has 1 amide bonds. The van der Waals surface area contributed by atoms with Crippen molar-refractivity contribution in [2.75, 3.05) is 7.11 Å². The SMILES string of the molecule is COc1cc(Br)cc(C2OC(c3ccc(C)nc3)=NN2C(C)=O)c1OC(C)=O. The fraction of sp³-hybridized carbons (Fsp3) is 0.263. The van der Waals surface area contributed by atoms with Crippen molar-refractivity contribution in [3.63, 3.8) is 0 Å². The summed E-state index contributed by atoms with van der Waals surface area (Å²) in [5.41, 5.74) is 1.88. The van der Waals surface area contributed by atoms with Gasteiger partial charge in [0.25, 0.3) is 0 Å². The van der Waals surface area contributed by atoms with Crippen LogP contribution < -0.4 is 9.47 Å². The second kappa shape index (κ2) is 7.97. The van der Waals surface area contributed by atoms with Gasteiger partial charge in [0.1, 0.15) is 0 Å². The first-order chi connectivity index (χ1) is 13.3. The van der Waals surface area contributed by atoms with Gasteiger partial charge >= 0.3 is 5.97 Å². The lowest BCUT2D eigenvalue weighted by Gasteiger charge is -2.22. The molecule has 2 aromatic rings. The Morgan fingerprint density at radius 1 is 1.25 bits per heavy atom. The van der Waals surface area contributed by atoms with E-state index in [2.05, 4.69) is 26.0 Å². The summed E-state index contributed by atoms with van der Waals surface area (Å²) in [5.74, 6) is -0.156. The smallest absolute Gasteiger partial charge is 0.308 e. The van der Waals surface area contributed by atoms with Gasteiger partial charge in [0.05, 0.1) is 18.2 Å². The van der Waals surface area contributed by atoms with Crippen molar-refractivity contribution in [3.8, 4) is 11.5 Å². The molecule has 0 aliphatic carbocycles. The number of methoxy groups -OCH3 is 1. The number of amides is 1. The highest BCUT2D eigenvalue weighted by Gasteiger charge is 2.36. The molecule has 1 aromatic carbocycles. The number of nitrogens with zero attached hydrogens (tertiary/aromatic N) is 3. The number of ether oxygens (including phenoxy) is 3. The van der Waals surface area contributed by atoms with Crippen molar-refractivity contribution < 1.29 is 23.8 Å². The highest BCUT2D eigenvalue weighted by molar-refractivity contribution is 9.10. The Morgan fingerprint density at radius 3 is 2.57 bits per heavy atom. The molecule has 28 heavy (non-hydrogen) atoms. The first kappa shape index (κ1) is 19.8. The van der Waals surface area contributed by atoms with Crippen LogP contribution in [0.3, 0.4) is 0 Å². The third-order valence-corrected chi connectivity index (χ3v) is 4.36. The van der Waals surface area contributed by atoms with Crippen LogP contribution in [0.15, 0.2) is 40.0 Å². The van der Waals surface area contributed by atoms with Crippen molar-refractivity contribution in [1.29, 1.82) is 0 Å². The quantitative estimate of drug-likeness (QED) is 0.527. The van der Waals surface area contributed by atoms with E-state index < -0.39 is 12.2 Å². The molecule has 0 saturated heterocycles. The maximum absolute atomic E-state index is 12.2. The zero-order valence-corrected chi connectivity index (χ0v) is 17.3. The molecule has 0 fully saturated rings. The van der Waals surface area contributed by atoms with Gasteiger partial charge < -0.3 is 14.2 Å². The Kier molecular flexibility index (Phi) is 5.64. The molecule has 1 aliphatic heterocycles. The predicted molar refractivity (Wildman–Crippen MR) is 104 cm³/mol. The second-order valence-corrected chi connectivity index (χ2v) is 6.96. The minimum atomic E-state index is -0.936. The van der Waals surface area contributed by atoms with Gasteiger partial charge in [-0.05, 0) is 31.2 Å². The summed E-state index contributed by atoms with van der Waals surface area (Å²) in [6.07, 6.45) is 0.679. The summed E-state index contributed by atoms with van der Waals surface area (Å²) in [6.45, 7) is 4.52. The zero-order valence-electron chi connectivity index (χ0n) is 15.7.